The van der Waals surface area contributed by atoms with E-state index in [0.717, 1.165) is 24.9 Å². The number of benzene rings is 1. The third-order valence-corrected chi connectivity index (χ3v) is 5.16. The van der Waals surface area contributed by atoms with Gasteiger partial charge in [0, 0.05) is 0 Å². The highest BCUT2D eigenvalue weighted by molar-refractivity contribution is 7.84. The molecule has 1 aliphatic rings. The number of hydrogen-bond acceptors (Lipinski definition) is 4. The van der Waals surface area contributed by atoms with Gasteiger partial charge in [0.2, 0.25) is 0 Å². The maximum atomic E-state index is 12.3. The number of amidine groups is 1. The summed E-state index contributed by atoms with van der Waals surface area (Å²) in [5, 5.41) is 2.83. The van der Waals surface area contributed by atoms with E-state index < -0.39 is 16.6 Å². The number of nitrogens with two attached hydrogens (primary N) is 1. The van der Waals surface area contributed by atoms with Crippen molar-refractivity contribution in [1.82, 2.24) is 5.32 Å². The summed E-state index contributed by atoms with van der Waals surface area (Å²) in [5.41, 5.74) is 7.17. The SMILES string of the molecule is CNCCCc1ccc(C2S(=O)N=C(N)OC2(C)C)cc1. The fourth-order valence-electron chi connectivity index (χ4n) is 2.57. The van der Waals surface area contributed by atoms with Gasteiger partial charge in [0.05, 0.1) is 0 Å². The Morgan fingerprint density at radius 2 is 2.05 bits per heavy atom. The zero-order valence-electron chi connectivity index (χ0n) is 12.8. The number of nitrogens with zero attached hydrogens (tertiary/aromatic N) is 1. The van der Waals surface area contributed by atoms with Crippen LogP contribution < -0.4 is 11.1 Å². The molecule has 2 atom stereocenters. The van der Waals surface area contributed by atoms with E-state index in [1.165, 1.54) is 5.56 Å². The van der Waals surface area contributed by atoms with Crippen LogP contribution >= 0.6 is 0 Å². The molecule has 0 aromatic heterocycles. The largest absolute Gasteiger partial charge is 0.457 e. The van der Waals surface area contributed by atoms with Crippen LogP contribution in [-0.2, 0) is 22.1 Å². The van der Waals surface area contributed by atoms with Gasteiger partial charge in [-0.15, -0.1) is 4.40 Å². The molecule has 116 valence electrons. The Labute approximate surface area is 128 Å². The molecule has 0 radical (unpaired) electrons. The van der Waals surface area contributed by atoms with Crippen molar-refractivity contribution in [3.63, 3.8) is 0 Å². The van der Waals surface area contributed by atoms with Crippen molar-refractivity contribution in [3.8, 4) is 0 Å². The van der Waals surface area contributed by atoms with Gasteiger partial charge in [-0.2, -0.15) is 0 Å². The lowest BCUT2D eigenvalue weighted by atomic mass is 9.96. The minimum absolute atomic E-state index is 0.00160. The van der Waals surface area contributed by atoms with Gasteiger partial charge in [0.15, 0.2) is 11.0 Å². The Kier molecular flexibility index (Phi) is 5.00. The standard InChI is InChI=1S/C15H23N3O2S/c1-15(2)13(21(19)18-14(16)20-15)12-8-6-11(7-9-12)5-4-10-17-3/h6-9,13,17H,4-5,10H2,1-3H3,(H2,16,18). The van der Waals surface area contributed by atoms with Crippen molar-refractivity contribution in [1.29, 1.82) is 0 Å². The third-order valence-electron chi connectivity index (χ3n) is 3.56. The summed E-state index contributed by atoms with van der Waals surface area (Å²) in [4.78, 5) is 0. The van der Waals surface area contributed by atoms with E-state index in [1.54, 1.807) is 0 Å². The zero-order chi connectivity index (χ0) is 15.5. The minimum atomic E-state index is -1.41. The maximum absolute atomic E-state index is 12.3. The fraction of sp³-hybridized carbons (Fsp3) is 0.533. The topological polar surface area (TPSA) is 76.7 Å². The van der Waals surface area contributed by atoms with Gasteiger partial charge in [0.1, 0.15) is 10.9 Å². The Bertz CT molecular complexity index is 540. The second-order valence-corrected chi connectivity index (χ2v) is 6.95. The molecule has 2 rings (SSSR count). The van der Waals surface area contributed by atoms with E-state index in [4.69, 9.17) is 10.5 Å². The lowest BCUT2D eigenvalue weighted by Gasteiger charge is -2.35. The van der Waals surface area contributed by atoms with Crippen LogP contribution in [0, 0.1) is 0 Å². The summed E-state index contributed by atoms with van der Waals surface area (Å²) in [7, 11) is 0.540. The lowest BCUT2D eigenvalue weighted by Crippen LogP contribution is -2.43. The van der Waals surface area contributed by atoms with E-state index in [1.807, 2.05) is 33.0 Å². The molecule has 21 heavy (non-hydrogen) atoms. The first-order valence-electron chi connectivity index (χ1n) is 7.11. The van der Waals surface area contributed by atoms with E-state index in [2.05, 4.69) is 21.8 Å². The zero-order valence-corrected chi connectivity index (χ0v) is 13.6. The van der Waals surface area contributed by atoms with E-state index in [9.17, 15) is 4.21 Å². The predicted molar refractivity (Wildman–Crippen MR) is 86.4 cm³/mol. The van der Waals surface area contributed by atoms with Crippen molar-refractivity contribution in [2.75, 3.05) is 13.6 Å². The van der Waals surface area contributed by atoms with Crippen molar-refractivity contribution < 1.29 is 8.95 Å². The number of hydrogen-bond donors (Lipinski definition) is 2. The molecular weight excluding hydrogens is 286 g/mol. The normalized spacial score (nSPS) is 24.2. The highest BCUT2D eigenvalue weighted by Crippen LogP contribution is 2.37. The Hall–Kier alpha value is -1.40. The molecule has 1 aromatic carbocycles. The number of rotatable bonds is 5. The first-order chi connectivity index (χ1) is 9.94. The maximum Gasteiger partial charge on any atom is 0.296 e. The number of aryl methyl sites for hydroxylation is 1. The van der Waals surface area contributed by atoms with Crippen LogP contribution in [-0.4, -0.2) is 29.4 Å². The van der Waals surface area contributed by atoms with Crippen LogP contribution in [0.1, 0.15) is 36.6 Å². The van der Waals surface area contributed by atoms with E-state index in [0.29, 0.717) is 0 Å². The molecule has 0 amide bonds. The first-order valence-corrected chi connectivity index (χ1v) is 8.28. The molecule has 0 saturated carbocycles. The lowest BCUT2D eigenvalue weighted by molar-refractivity contribution is 0.0848. The molecule has 1 aliphatic heterocycles. The monoisotopic (exact) mass is 309 g/mol. The van der Waals surface area contributed by atoms with Gasteiger partial charge < -0.3 is 15.8 Å². The fourth-order valence-corrected chi connectivity index (χ4v) is 3.82. The summed E-state index contributed by atoms with van der Waals surface area (Å²) in [6.07, 6.45) is 2.13. The summed E-state index contributed by atoms with van der Waals surface area (Å²) < 4.78 is 21.7. The second kappa shape index (κ2) is 6.58. The molecule has 0 saturated heterocycles. The van der Waals surface area contributed by atoms with Gasteiger partial charge in [-0.05, 0) is 51.4 Å². The minimum Gasteiger partial charge on any atom is -0.457 e. The first kappa shape index (κ1) is 16.0. The smallest absolute Gasteiger partial charge is 0.296 e. The average Bonchev–Trinajstić information content (AvgIpc) is 2.38. The summed E-state index contributed by atoms with van der Waals surface area (Å²) in [6.45, 7) is 4.78. The number of ether oxygens (including phenoxy) is 1. The summed E-state index contributed by atoms with van der Waals surface area (Å²) in [5.74, 6) is 0. The molecule has 0 bridgehead atoms. The van der Waals surface area contributed by atoms with E-state index in [-0.39, 0.29) is 11.3 Å². The summed E-state index contributed by atoms with van der Waals surface area (Å²) in [6, 6.07) is 8.19. The van der Waals surface area contributed by atoms with Gasteiger partial charge >= 0.3 is 0 Å². The highest BCUT2D eigenvalue weighted by atomic mass is 32.2. The Morgan fingerprint density at radius 3 is 2.62 bits per heavy atom. The van der Waals surface area contributed by atoms with E-state index >= 15 is 0 Å². The number of nitrogens with one attached hydrogen (secondary N) is 1. The van der Waals surface area contributed by atoms with Crippen LogP contribution in [0.3, 0.4) is 0 Å². The average molecular weight is 309 g/mol. The van der Waals surface area contributed by atoms with Crippen LogP contribution in [0.25, 0.3) is 0 Å². The predicted octanol–water partition coefficient (Wildman–Crippen LogP) is 1.67. The van der Waals surface area contributed by atoms with Crippen molar-refractivity contribution in [2.45, 2.75) is 37.5 Å². The Morgan fingerprint density at radius 1 is 1.38 bits per heavy atom. The van der Waals surface area contributed by atoms with Gasteiger partial charge in [-0.25, -0.2) is 4.21 Å². The van der Waals surface area contributed by atoms with Crippen molar-refractivity contribution >= 4 is 17.0 Å². The van der Waals surface area contributed by atoms with Crippen LogP contribution in [0.2, 0.25) is 0 Å². The third kappa shape index (κ3) is 3.83. The molecule has 0 spiro atoms. The second-order valence-electron chi connectivity index (χ2n) is 5.74. The van der Waals surface area contributed by atoms with Crippen LogP contribution in [0.4, 0.5) is 0 Å². The van der Waals surface area contributed by atoms with Crippen molar-refractivity contribution in [2.24, 2.45) is 10.1 Å². The van der Waals surface area contributed by atoms with Gasteiger partial charge in [-0.1, -0.05) is 24.3 Å². The molecule has 5 nitrogen and oxygen atoms in total. The van der Waals surface area contributed by atoms with Crippen LogP contribution in [0.5, 0.6) is 0 Å². The van der Waals surface area contributed by atoms with Gasteiger partial charge in [-0.3, -0.25) is 0 Å². The molecule has 1 aromatic rings. The van der Waals surface area contributed by atoms with Crippen molar-refractivity contribution in [3.05, 3.63) is 35.4 Å². The molecule has 1 heterocycles. The summed E-state index contributed by atoms with van der Waals surface area (Å²) >= 11 is 0. The van der Waals surface area contributed by atoms with Crippen LogP contribution in [0.15, 0.2) is 28.7 Å². The molecule has 0 fully saturated rings. The molecule has 3 N–H and O–H groups in total. The molecular formula is C15H23N3O2S. The van der Waals surface area contributed by atoms with Gasteiger partial charge in [0.25, 0.3) is 6.02 Å². The molecule has 2 unspecified atom stereocenters. The molecule has 6 heteroatoms. The molecule has 0 aliphatic carbocycles. The quantitative estimate of drug-likeness (QED) is 0.811. The Balaban J connectivity index is 2.16. The highest BCUT2D eigenvalue weighted by Gasteiger charge is 2.41.